The van der Waals surface area contributed by atoms with Crippen molar-refractivity contribution in [3.05, 3.63) is 65.0 Å². The quantitative estimate of drug-likeness (QED) is 0.611. The Hall–Kier alpha value is -3.55. The number of aldehydes is 1. The van der Waals surface area contributed by atoms with Gasteiger partial charge >= 0.3 is 6.09 Å². The molecule has 1 saturated heterocycles. The van der Waals surface area contributed by atoms with Crippen molar-refractivity contribution in [2.24, 2.45) is 0 Å². The lowest BCUT2D eigenvalue weighted by Gasteiger charge is -2.17. The second kappa shape index (κ2) is 6.31. The Morgan fingerprint density at radius 2 is 1.74 bits per heavy atom. The topological polar surface area (TPSA) is 84.0 Å². The number of fused-ring (bicyclic) bond motifs is 1. The van der Waals surface area contributed by atoms with Crippen LogP contribution in [0.4, 0.5) is 14.9 Å². The Labute approximate surface area is 152 Å². The summed E-state index contributed by atoms with van der Waals surface area (Å²) >= 11 is 0. The lowest BCUT2D eigenvalue weighted by molar-refractivity contribution is 0.0558. The maximum Gasteiger partial charge on any atom is 0.414 e. The molecule has 2 aromatic carbocycles. The van der Waals surface area contributed by atoms with Crippen molar-refractivity contribution in [3.63, 3.8) is 0 Å². The Morgan fingerprint density at radius 1 is 1.07 bits per heavy atom. The van der Waals surface area contributed by atoms with Gasteiger partial charge in [-0.2, -0.15) is 0 Å². The number of amides is 3. The highest BCUT2D eigenvalue weighted by Gasteiger charge is 2.40. The molecule has 136 valence electrons. The van der Waals surface area contributed by atoms with E-state index in [9.17, 15) is 23.6 Å². The highest BCUT2D eigenvalue weighted by molar-refractivity contribution is 6.21. The van der Waals surface area contributed by atoms with Crippen LogP contribution in [0.5, 0.6) is 0 Å². The predicted octanol–water partition coefficient (Wildman–Crippen LogP) is 2.26. The summed E-state index contributed by atoms with van der Waals surface area (Å²) < 4.78 is 19.0. The van der Waals surface area contributed by atoms with Crippen molar-refractivity contribution >= 4 is 29.9 Å². The van der Waals surface area contributed by atoms with Crippen LogP contribution in [0.1, 0.15) is 31.1 Å². The Balaban J connectivity index is 1.51. The molecule has 2 aliphatic rings. The molecular weight excluding hydrogens is 355 g/mol. The van der Waals surface area contributed by atoms with Gasteiger partial charge in [-0.1, -0.05) is 12.1 Å². The number of hydrogen-bond donors (Lipinski definition) is 0. The molecule has 7 nitrogen and oxygen atoms in total. The second-order valence-electron chi connectivity index (χ2n) is 6.21. The molecule has 2 aliphatic heterocycles. The zero-order valence-corrected chi connectivity index (χ0v) is 13.9. The number of cyclic esters (lactones) is 1. The van der Waals surface area contributed by atoms with E-state index in [0.717, 1.165) is 11.0 Å². The molecule has 0 saturated carbocycles. The van der Waals surface area contributed by atoms with Gasteiger partial charge in [0.15, 0.2) is 6.29 Å². The number of halogens is 1. The molecule has 0 radical (unpaired) electrons. The van der Waals surface area contributed by atoms with Gasteiger partial charge < -0.3 is 4.74 Å². The lowest BCUT2D eigenvalue weighted by atomic mass is 10.1. The number of carbonyl (C=O) groups is 4. The summed E-state index contributed by atoms with van der Waals surface area (Å²) in [5.41, 5.74) is 0.743. The van der Waals surface area contributed by atoms with E-state index in [1.165, 1.54) is 17.0 Å². The van der Waals surface area contributed by atoms with Crippen molar-refractivity contribution < 1.29 is 28.3 Å². The first kappa shape index (κ1) is 16.9. The van der Waals surface area contributed by atoms with Crippen LogP contribution in [0.15, 0.2) is 42.5 Å². The number of nitrogens with zero attached hydrogens (tertiary/aromatic N) is 2. The smallest absolute Gasteiger partial charge is 0.414 e. The SMILES string of the molecule is O=Cc1ccc(N2C[C@@H](CN3C(=O)c4ccccc4C3=O)OC2=O)cc1F. The van der Waals surface area contributed by atoms with Crippen molar-refractivity contribution in [2.45, 2.75) is 6.10 Å². The van der Waals surface area contributed by atoms with E-state index < -0.39 is 29.8 Å². The molecule has 0 N–H and O–H groups in total. The summed E-state index contributed by atoms with van der Waals surface area (Å²) in [6.07, 6.45) is -1.07. The number of anilines is 1. The Morgan fingerprint density at radius 3 is 2.33 bits per heavy atom. The van der Waals surface area contributed by atoms with Crippen LogP contribution in [-0.4, -0.2) is 48.3 Å². The molecule has 27 heavy (non-hydrogen) atoms. The van der Waals surface area contributed by atoms with Gasteiger partial charge in [0.2, 0.25) is 0 Å². The first-order chi connectivity index (χ1) is 13.0. The third-order valence-corrected chi connectivity index (χ3v) is 4.56. The van der Waals surface area contributed by atoms with Gasteiger partial charge in [-0.25, -0.2) is 9.18 Å². The van der Waals surface area contributed by atoms with Crippen molar-refractivity contribution in [2.75, 3.05) is 18.0 Å². The Bertz CT molecular complexity index is 955. The second-order valence-corrected chi connectivity index (χ2v) is 6.21. The molecule has 4 rings (SSSR count). The van der Waals surface area contributed by atoms with Gasteiger partial charge in [0.25, 0.3) is 11.8 Å². The molecule has 2 heterocycles. The predicted molar refractivity (Wildman–Crippen MR) is 91.2 cm³/mol. The maximum atomic E-state index is 13.8. The fourth-order valence-corrected chi connectivity index (χ4v) is 3.22. The molecule has 3 amide bonds. The normalized spacial score (nSPS) is 18.7. The van der Waals surface area contributed by atoms with Gasteiger partial charge in [-0.15, -0.1) is 0 Å². The minimum absolute atomic E-state index is 0.0477. The van der Waals surface area contributed by atoms with E-state index in [1.807, 2.05) is 0 Å². The monoisotopic (exact) mass is 368 g/mol. The van der Waals surface area contributed by atoms with E-state index in [1.54, 1.807) is 24.3 Å². The molecular formula is C19H13FN2O5. The van der Waals surface area contributed by atoms with E-state index in [-0.39, 0.29) is 24.3 Å². The molecule has 8 heteroatoms. The van der Waals surface area contributed by atoms with Gasteiger partial charge in [-0.3, -0.25) is 24.2 Å². The molecule has 0 spiro atoms. The summed E-state index contributed by atoms with van der Waals surface area (Å²) in [5, 5.41) is 0. The summed E-state index contributed by atoms with van der Waals surface area (Å²) in [6.45, 7) is -0.0460. The number of rotatable bonds is 4. The summed E-state index contributed by atoms with van der Waals surface area (Å²) in [7, 11) is 0. The number of ether oxygens (including phenoxy) is 1. The third kappa shape index (κ3) is 2.75. The lowest BCUT2D eigenvalue weighted by Crippen LogP contribution is -2.38. The fourth-order valence-electron chi connectivity index (χ4n) is 3.22. The minimum Gasteiger partial charge on any atom is -0.442 e. The first-order valence-electron chi connectivity index (χ1n) is 8.17. The third-order valence-electron chi connectivity index (χ3n) is 4.56. The number of benzene rings is 2. The Kier molecular flexibility index (Phi) is 3.95. The number of carbonyl (C=O) groups excluding carboxylic acids is 4. The molecule has 1 atom stereocenters. The zero-order chi connectivity index (χ0) is 19.1. The molecule has 0 aliphatic carbocycles. The van der Waals surface area contributed by atoms with Crippen LogP contribution in [0.2, 0.25) is 0 Å². The highest BCUT2D eigenvalue weighted by Crippen LogP contribution is 2.27. The van der Waals surface area contributed by atoms with Crippen molar-refractivity contribution in [1.82, 2.24) is 4.90 Å². The first-order valence-corrected chi connectivity index (χ1v) is 8.17. The van der Waals surface area contributed by atoms with E-state index in [4.69, 9.17) is 4.74 Å². The number of hydrogen-bond acceptors (Lipinski definition) is 5. The average molecular weight is 368 g/mol. The fraction of sp³-hybridized carbons (Fsp3) is 0.158. The average Bonchev–Trinajstić information content (AvgIpc) is 3.15. The standard InChI is InChI=1S/C19H13FN2O5/c20-16-7-12(6-5-11(16)10-23)21-8-13(27-19(21)26)9-22-17(24)14-3-1-2-4-15(14)18(22)25/h1-7,10,13H,8-9H2/t13-/m0/s1. The van der Waals surface area contributed by atoms with E-state index >= 15 is 0 Å². The zero-order valence-electron chi connectivity index (χ0n) is 13.9. The highest BCUT2D eigenvalue weighted by atomic mass is 19.1. The molecule has 0 bridgehead atoms. The van der Waals surface area contributed by atoms with E-state index in [2.05, 4.69) is 0 Å². The summed E-state index contributed by atoms with van der Waals surface area (Å²) in [6, 6.07) is 10.2. The summed E-state index contributed by atoms with van der Waals surface area (Å²) in [5.74, 6) is -1.63. The van der Waals surface area contributed by atoms with Crippen LogP contribution in [0.25, 0.3) is 0 Å². The minimum atomic E-state index is -0.751. The van der Waals surface area contributed by atoms with Crippen LogP contribution in [-0.2, 0) is 4.74 Å². The van der Waals surface area contributed by atoms with Crippen LogP contribution in [0, 0.1) is 5.82 Å². The maximum absolute atomic E-state index is 13.8. The molecule has 2 aromatic rings. The van der Waals surface area contributed by atoms with Gasteiger partial charge in [0, 0.05) is 0 Å². The van der Waals surface area contributed by atoms with Gasteiger partial charge in [-0.05, 0) is 30.3 Å². The van der Waals surface area contributed by atoms with Crippen molar-refractivity contribution in [3.8, 4) is 0 Å². The van der Waals surface area contributed by atoms with Crippen LogP contribution >= 0.6 is 0 Å². The van der Waals surface area contributed by atoms with Crippen LogP contribution in [0.3, 0.4) is 0 Å². The largest absolute Gasteiger partial charge is 0.442 e. The van der Waals surface area contributed by atoms with Gasteiger partial charge in [0.05, 0.1) is 35.5 Å². The number of imide groups is 1. The molecule has 0 aromatic heterocycles. The van der Waals surface area contributed by atoms with E-state index in [0.29, 0.717) is 17.4 Å². The molecule has 1 fully saturated rings. The van der Waals surface area contributed by atoms with Crippen molar-refractivity contribution in [1.29, 1.82) is 0 Å². The van der Waals surface area contributed by atoms with Crippen LogP contribution < -0.4 is 4.90 Å². The van der Waals surface area contributed by atoms with Gasteiger partial charge in [0.1, 0.15) is 11.9 Å². The summed E-state index contributed by atoms with van der Waals surface area (Å²) in [4.78, 5) is 49.9. The molecule has 0 unspecified atom stereocenters.